The molecular weight excluding hydrogens is 270 g/mol. The third-order valence-electron chi connectivity index (χ3n) is 5.13. The van der Waals surface area contributed by atoms with Crippen LogP contribution in [0, 0.1) is 17.6 Å². The summed E-state index contributed by atoms with van der Waals surface area (Å²) < 4.78 is 28.9. The molecule has 0 spiro atoms. The molecule has 0 amide bonds. The molecule has 0 N–H and O–H groups in total. The summed E-state index contributed by atoms with van der Waals surface area (Å²) >= 11 is 0. The molecular formula is C18H22F2O. The van der Waals surface area contributed by atoms with Gasteiger partial charge in [0.25, 0.3) is 0 Å². The van der Waals surface area contributed by atoms with Gasteiger partial charge in [-0.2, -0.15) is 0 Å². The van der Waals surface area contributed by atoms with Gasteiger partial charge in [0, 0.05) is 5.92 Å². The molecule has 0 radical (unpaired) electrons. The fourth-order valence-electron chi connectivity index (χ4n) is 4.22. The second-order valence-electron chi connectivity index (χ2n) is 6.45. The summed E-state index contributed by atoms with van der Waals surface area (Å²) in [5, 5.41) is 0. The maximum Gasteiger partial charge on any atom is 0.170 e. The van der Waals surface area contributed by atoms with Gasteiger partial charge in [0.2, 0.25) is 0 Å². The highest BCUT2D eigenvalue weighted by Crippen LogP contribution is 2.45. The summed E-state index contributed by atoms with van der Waals surface area (Å²) in [6, 6.07) is 0. The maximum atomic E-state index is 14.5. The number of hydrogen-bond donors (Lipinski definition) is 0. The lowest BCUT2D eigenvalue weighted by molar-refractivity contribution is 0.0926. The summed E-state index contributed by atoms with van der Waals surface area (Å²) in [6.45, 7) is 4.09. The number of halogens is 2. The SMILES string of the molecule is CCCC1Cc2c3c(c(F)c(F)c2C1=O)C(CCC)CC3. The Morgan fingerprint density at radius 1 is 1.00 bits per heavy atom. The average Bonchev–Trinajstić information content (AvgIpc) is 3.00. The minimum Gasteiger partial charge on any atom is -0.294 e. The highest BCUT2D eigenvalue weighted by Gasteiger charge is 2.40. The zero-order chi connectivity index (χ0) is 15.1. The van der Waals surface area contributed by atoms with E-state index in [1.54, 1.807) is 0 Å². The number of fused-ring (bicyclic) bond motifs is 3. The molecule has 114 valence electrons. The molecule has 0 aromatic heterocycles. The van der Waals surface area contributed by atoms with Gasteiger partial charge in [-0.05, 0) is 54.7 Å². The smallest absolute Gasteiger partial charge is 0.170 e. The fourth-order valence-corrected chi connectivity index (χ4v) is 4.22. The van der Waals surface area contributed by atoms with E-state index in [1.807, 2.05) is 6.92 Å². The van der Waals surface area contributed by atoms with Gasteiger partial charge in [-0.15, -0.1) is 0 Å². The van der Waals surface area contributed by atoms with Crippen molar-refractivity contribution in [1.29, 1.82) is 0 Å². The second kappa shape index (κ2) is 5.51. The van der Waals surface area contributed by atoms with Crippen LogP contribution >= 0.6 is 0 Å². The Labute approximate surface area is 124 Å². The van der Waals surface area contributed by atoms with Crippen LogP contribution in [0.15, 0.2) is 0 Å². The van der Waals surface area contributed by atoms with Gasteiger partial charge < -0.3 is 0 Å². The lowest BCUT2D eigenvalue weighted by Gasteiger charge is -2.14. The number of carbonyl (C=O) groups excluding carboxylic acids is 1. The molecule has 2 atom stereocenters. The first-order valence-corrected chi connectivity index (χ1v) is 8.16. The van der Waals surface area contributed by atoms with Crippen molar-refractivity contribution >= 4 is 5.78 Å². The zero-order valence-corrected chi connectivity index (χ0v) is 12.8. The predicted octanol–water partition coefficient (Wildman–Crippen LogP) is 4.95. The van der Waals surface area contributed by atoms with Crippen molar-refractivity contribution in [3.05, 3.63) is 33.9 Å². The Morgan fingerprint density at radius 3 is 2.33 bits per heavy atom. The van der Waals surface area contributed by atoms with Gasteiger partial charge in [0.1, 0.15) is 0 Å². The summed E-state index contributed by atoms with van der Waals surface area (Å²) in [4.78, 5) is 12.4. The van der Waals surface area contributed by atoms with Crippen LogP contribution in [-0.4, -0.2) is 5.78 Å². The quantitative estimate of drug-likeness (QED) is 0.767. The highest BCUT2D eigenvalue weighted by atomic mass is 19.2. The van der Waals surface area contributed by atoms with E-state index in [1.165, 1.54) is 0 Å². The lowest BCUT2D eigenvalue weighted by atomic mass is 9.92. The van der Waals surface area contributed by atoms with E-state index in [2.05, 4.69) is 6.92 Å². The summed E-state index contributed by atoms with van der Waals surface area (Å²) in [6.07, 6.45) is 5.83. The van der Waals surface area contributed by atoms with Gasteiger partial charge in [0.15, 0.2) is 17.4 Å². The molecule has 21 heavy (non-hydrogen) atoms. The Kier molecular flexibility index (Phi) is 3.85. The van der Waals surface area contributed by atoms with Gasteiger partial charge >= 0.3 is 0 Å². The molecule has 0 saturated heterocycles. The van der Waals surface area contributed by atoms with Crippen LogP contribution in [0.1, 0.15) is 78.9 Å². The van der Waals surface area contributed by atoms with Crippen LogP contribution in [0.5, 0.6) is 0 Å². The van der Waals surface area contributed by atoms with Crippen LogP contribution in [-0.2, 0) is 12.8 Å². The monoisotopic (exact) mass is 292 g/mol. The molecule has 2 aliphatic carbocycles. The minimum atomic E-state index is -0.879. The molecule has 0 fully saturated rings. The Hall–Kier alpha value is -1.25. The molecule has 3 rings (SSSR count). The number of rotatable bonds is 4. The number of hydrogen-bond acceptors (Lipinski definition) is 1. The molecule has 0 saturated carbocycles. The maximum absolute atomic E-state index is 14.5. The standard InChI is InChI=1S/C18H22F2O/c1-3-5-10-7-8-12-13-9-11(6-4-2)18(21)15(13)17(20)16(19)14(10)12/h10-11H,3-9H2,1-2H3. The van der Waals surface area contributed by atoms with E-state index in [0.29, 0.717) is 12.0 Å². The Morgan fingerprint density at radius 2 is 1.67 bits per heavy atom. The van der Waals surface area contributed by atoms with E-state index in [9.17, 15) is 13.6 Å². The zero-order valence-electron chi connectivity index (χ0n) is 12.8. The summed E-state index contributed by atoms with van der Waals surface area (Å²) in [5.74, 6) is -1.81. The first-order valence-electron chi connectivity index (χ1n) is 8.16. The van der Waals surface area contributed by atoms with Gasteiger partial charge in [-0.25, -0.2) is 8.78 Å². The lowest BCUT2D eigenvalue weighted by Crippen LogP contribution is -2.10. The van der Waals surface area contributed by atoms with Crippen LogP contribution in [0.25, 0.3) is 0 Å². The molecule has 1 aromatic carbocycles. The second-order valence-corrected chi connectivity index (χ2v) is 6.45. The third-order valence-corrected chi connectivity index (χ3v) is 5.13. The Bertz CT molecular complexity index is 592. The molecule has 2 unspecified atom stereocenters. The predicted molar refractivity (Wildman–Crippen MR) is 78.8 cm³/mol. The molecule has 0 aliphatic heterocycles. The molecule has 0 bridgehead atoms. The largest absolute Gasteiger partial charge is 0.294 e. The number of carbonyl (C=O) groups is 1. The first-order chi connectivity index (χ1) is 10.1. The van der Waals surface area contributed by atoms with Crippen molar-refractivity contribution in [2.75, 3.05) is 0 Å². The van der Waals surface area contributed by atoms with Crippen molar-refractivity contribution in [1.82, 2.24) is 0 Å². The fraction of sp³-hybridized carbons (Fsp3) is 0.611. The molecule has 3 heteroatoms. The molecule has 2 aliphatic rings. The third kappa shape index (κ3) is 2.13. The number of benzene rings is 1. The summed E-state index contributed by atoms with van der Waals surface area (Å²) in [5.41, 5.74) is 2.43. The van der Waals surface area contributed by atoms with E-state index >= 15 is 0 Å². The van der Waals surface area contributed by atoms with Crippen molar-refractivity contribution in [2.24, 2.45) is 5.92 Å². The minimum absolute atomic E-state index is 0.0712. The topological polar surface area (TPSA) is 17.1 Å². The summed E-state index contributed by atoms with van der Waals surface area (Å²) in [7, 11) is 0. The highest BCUT2D eigenvalue weighted by molar-refractivity contribution is 6.03. The van der Waals surface area contributed by atoms with E-state index in [0.717, 1.165) is 49.7 Å². The molecule has 1 nitrogen and oxygen atoms in total. The van der Waals surface area contributed by atoms with E-state index in [4.69, 9.17) is 0 Å². The van der Waals surface area contributed by atoms with E-state index in [-0.39, 0.29) is 23.2 Å². The van der Waals surface area contributed by atoms with Crippen molar-refractivity contribution in [3.63, 3.8) is 0 Å². The Balaban J connectivity index is 2.11. The van der Waals surface area contributed by atoms with Gasteiger partial charge in [-0.3, -0.25) is 4.79 Å². The normalized spacial score (nSPS) is 23.5. The van der Waals surface area contributed by atoms with Crippen molar-refractivity contribution in [2.45, 2.75) is 64.7 Å². The van der Waals surface area contributed by atoms with Crippen molar-refractivity contribution < 1.29 is 13.6 Å². The van der Waals surface area contributed by atoms with Crippen LogP contribution < -0.4 is 0 Å². The first kappa shape index (κ1) is 14.7. The van der Waals surface area contributed by atoms with Gasteiger partial charge in [0.05, 0.1) is 5.56 Å². The van der Waals surface area contributed by atoms with Crippen LogP contribution in [0.4, 0.5) is 8.78 Å². The molecule has 0 heterocycles. The van der Waals surface area contributed by atoms with Gasteiger partial charge in [-0.1, -0.05) is 26.7 Å². The van der Waals surface area contributed by atoms with Crippen molar-refractivity contribution in [3.8, 4) is 0 Å². The van der Waals surface area contributed by atoms with Crippen LogP contribution in [0.3, 0.4) is 0 Å². The number of Topliss-reactive ketones (excluding diaryl/α,β-unsaturated/α-hetero) is 1. The number of ketones is 1. The molecule has 1 aromatic rings. The van der Waals surface area contributed by atoms with Crippen LogP contribution in [0.2, 0.25) is 0 Å². The van der Waals surface area contributed by atoms with E-state index < -0.39 is 11.6 Å². The average molecular weight is 292 g/mol.